The van der Waals surface area contributed by atoms with Crippen LogP contribution >= 0.6 is 0 Å². The Hall–Kier alpha value is -3.49. The predicted molar refractivity (Wildman–Crippen MR) is 132 cm³/mol. The molecule has 3 aromatic rings. The van der Waals surface area contributed by atoms with Gasteiger partial charge in [0.1, 0.15) is 5.82 Å². The van der Waals surface area contributed by atoms with E-state index >= 15 is 0 Å². The minimum Gasteiger partial charge on any atom is -0.466 e. The monoisotopic (exact) mass is 481 g/mol. The molecule has 9 heteroatoms. The summed E-state index contributed by atoms with van der Waals surface area (Å²) in [5.41, 5.74) is 2.87. The lowest BCUT2D eigenvalue weighted by Gasteiger charge is -2.29. The first-order valence-corrected chi connectivity index (χ1v) is 12.2. The number of nitrogens with zero attached hydrogens (tertiary/aromatic N) is 3. The average molecular weight is 482 g/mol. The summed E-state index contributed by atoms with van der Waals surface area (Å²) >= 11 is 0. The zero-order valence-corrected chi connectivity index (χ0v) is 20.4. The highest BCUT2D eigenvalue weighted by atomic mass is 19.1. The van der Waals surface area contributed by atoms with Gasteiger partial charge in [-0.15, -0.1) is 0 Å². The highest BCUT2D eigenvalue weighted by Gasteiger charge is 2.26. The van der Waals surface area contributed by atoms with Crippen LogP contribution in [-0.2, 0) is 9.53 Å². The van der Waals surface area contributed by atoms with Crippen molar-refractivity contribution in [2.45, 2.75) is 65.0 Å². The lowest BCUT2D eigenvalue weighted by Crippen LogP contribution is -2.38. The SMILES string of the molecule is CCOC(=O)CC1CCC(NC(=O)c2cnn3cc(-c4ccncc4F)cc3c2NC(C)C)CC1. The molecule has 0 unspecified atom stereocenters. The zero-order valence-electron chi connectivity index (χ0n) is 20.4. The Morgan fingerprint density at radius 2 is 2.00 bits per heavy atom. The summed E-state index contributed by atoms with van der Waals surface area (Å²) < 4.78 is 21.0. The molecule has 3 heterocycles. The maximum absolute atomic E-state index is 14.3. The van der Waals surface area contributed by atoms with E-state index in [1.165, 1.54) is 6.20 Å². The summed E-state index contributed by atoms with van der Waals surface area (Å²) in [6, 6.07) is 3.55. The summed E-state index contributed by atoms with van der Waals surface area (Å²) in [6.45, 7) is 6.20. The number of carbonyl (C=O) groups excluding carboxylic acids is 2. The van der Waals surface area contributed by atoms with Crippen LogP contribution in [-0.4, -0.2) is 45.2 Å². The summed E-state index contributed by atoms with van der Waals surface area (Å²) in [7, 11) is 0. The Labute approximate surface area is 204 Å². The Kier molecular flexibility index (Phi) is 7.63. The third-order valence-electron chi connectivity index (χ3n) is 6.34. The van der Waals surface area contributed by atoms with Crippen LogP contribution in [0.2, 0.25) is 0 Å². The highest BCUT2D eigenvalue weighted by Crippen LogP contribution is 2.31. The number of fused-ring (bicyclic) bond motifs is 1. The molecule has 0 saturated heterocycles. The van der Waals surface area contributed by atoms with E-state index in [1.807, 2.05) is 26.8 Å². The number of rotatable bonds is 8. The van der Waals surface area contributed by atoms with Gasteiger partial charge in [-0.3, -0.25) is 14.6 Å². The molecule has 1 saturated carbocycles. The Bertz CT molecular complexity index is 1200. The molecule has 0 spiro atoms. The number of pyridine rings is 1. The van der Waals surface area contributed by atoms with Crippen molar-refractivity contribution in [2.24, 2.45) is 5.92 Å². The largest absolute Gasteiger partial charge is 0.466 e. The number of amides is 1. The van der Waals surface area contributed by atoms with Crippen molar-refractivity contribution < 1.29 is 18.7 Å². The van der Waals surface area contributed by atoms with Gasteiger partial charge >= 0.3 is 5.97 Å². The maximum Gasteiger partial charge on any atom is 0.306 e. The van der Waals surface area contributed by atoms with Gasteiger partial charge in [-0.25, -0.2) is 8.91 Å². The smallest absolute Gasteiger partial charge is 0.306 e. The van der Waals surface area contributed by atoms with Crippen LogP contribution in [0, 0.1) is 11.7 Å². The summed E-state index contributed by atoms with van der Waals surface area (Å²) in [5.74, 6) is -0.471. The van der Waals surface area contributed by atoms with Gasteiger partial charge in [0.25, 0.3) is 5.91 Å². The van der Waals surface area contributed by atoms with E-state index in [-0.39, 0.29) is 24.0 Å². The van der Waals surface area contributed by atoms with Gasteiger partial charge in [-0.05, 0) is 64.5 Å². The van der Waals surface area contributed by atoms with Gasteiger partial charge in [-0.2, -0.15) is 5.10 Å². The van der Waals surface area contributed by atoms with Crippen LogP contribution in [0.1, 0.15) is 63.2 Å². The number of esters is 1. The molecule has 1 fully saturated rings. The number of anilines is 1. The van der Waals surface area contributed by atoms with Crippen molar-refractivity contribution >= 4 is 23.1 Å². The quantitative estimate of drug-likeness (QED) is 0.457. The first kappa shape index (κ1) is 24.6. The van der Waals surface area contributed by atoms with Crippen LogP contribution in [0.5, 0.6) is 0 Å². The summed E-state index contributed by atoms with van der Waals surface area (Å²) in [6.07, 6.45) is 9.82. The van der Waals surface area contributed by atoms with E-state index in [0.29, 0.717) is 46.8 Å². The number of carbonyl (C=O) groups is 2. The molecular weight excluding hydrogens is 449 g/mol. The number of halogens is 1. The van der Waals surface area contributed by atoms with Gasteiger partial charge in [0.2, 0.25) is 0 Å². The predicted octanol–water partition coefficient (Wildman–Crippen LogP) is 4.60. The molecule has 3 aromatic heterocycles. The molecule has 0 bridgehead atoms. The van der Waals surface area contributed by atoms with Crippen LogP contribution in [0.4, 0.5) is 10.1 Å². The van der Waals surface area contributed by atoms with Crippen LogP contribution < -0.4 is 10.6 Å². The van der Waals surface area contributed by atoms with Crippen molar-refractivity contribution in [3.8, 4) is 11.1 Å². The summed E-state index contributed by atoms with van der Waals surface area (Å²) in [4.78, 5) is 28.9. The number of nitrogens with one attached hydrogen (secondary N) is 2. The number of hydrogen-bond donors (Lipinski definition) is 2. The molecule has 1 amide bonds. The highest BCUT2D eigenvalue weighted by molar-refractivity contribution is 6.03. The van der Waals surface area contributed by atoms with E-state index in [1.54, 1.807) is 29.2 Å². The molecule has 2 N–H and O–H groups in total. The molecule has 8 nitrogen and oxygen atoms in total. The molecule has 0 aromatic carbocycles. The van der Waals surface area contributed by atoms with Crippen LogP contribution in [0.3, 0.4) is 0 Å². The zero-order chi connectivity index (χ0) is 24.9. The number of ether oxygens (including phenoxy) is 1. The molecule has 35 heavy (non-hydrogen) atoms. The fraction of sp³-hybridized carbons (Fsp3) is 0.462. The second-order valence-electron chi connectivity index (χ2n) is 9.35. The Balaban J connectivity index is 1.53. The second-order valence-corrected chi connectivity index (χ2v) is 9.35. The Morgan fingerprint density at radius 3 is 2.69 bits per heavy atom. The van der Waals surface area contributed by atoms with E-state index in [9.17, 15) is 14.0 Å². The second kappa shape index (κ2) is 10.8. The lowest BCUT2D eigenvalue weighted by molar-refractivity contribution is -0.144. The third-order valence-corrected chi connectivity index (χ3v) is 6.34. The minimum absolute atomic E-state index is 0.0392. The van der Waals surface area contributed by atoms with Gasteiger partial charge in [0, 0.05) is 42.0 Å². The van der Waals surface area contributed by atoms with E-state index in [2.05, 4.69) is 20.7 Å². The van der Waals surface area contributed by atoms with Gasteiger partial charge in [-0.1, -0.05) is 0 Å². The van der Waals surface area contributed by atoms with Crippen molar-refractivity contribution in [3.05, 3.63) is 48.3 Å². The van der Waals surface area contributed by atoms with Crippen molar-refractivity contribution in [3.63, 3.8) is 0 Å². The topological polar surface area (TPSA) is 97.6 Å². The molecule has 0 atom stereocenters. The molecule has 0 radical (unpaired) electrons. The number of hydrogen-bond acceptors (Lipinski definition) is 6. The van der Waals surface area contributed by atoms with Crippen molar-refractivity contribution in [1.29, 1.82) is 0 Å². The van der Waals surface area contributed by atoms with Gasteiger partial charge in [0.15, 0.2) is 0 Å². The normalized spacial score (nSPS) is 18.0. The minimum atomic E-state index is -0.418. The van der Waals surface area contributed by atoms with Gasteiger partial charge < -0.3 is 15.4 Å². The fourth-order valence-corrected chi connectivity index (χ4v) is 4.66. The van der Waals surface area contributed by atoms with Crippen molar-refractivity contribution in [2.75, 3.05) is 11.9 Å². The standard InChI is InChI=1S/C26H32FN5O3/c1-4-35-24(33)11-17-5-7-19(8-6-17)31-26(34)21-13-29-32-15-18(20-9-10-28-14-22(20)27)12-23(32)25(21)30-16(2)3/h9-10,12-17,19,30H,4-8,11H2,1-3H3,(H,31,34). The van der Waals surface area contributed by atoms with Crippen LogP contribution in [0.25, 0.3) is 16.6 Å². The van der Waals surface area contributed by atoms with Gasteiger partial charge in [0.05, 0.1) is 35.8 Å². The van der Waals surface area contributed by atoms with Crippen molar-refractivity contribution in [1.82, 2.24) is 19.9 Å². The lowest BCUT2D eigenvalue weighted by atomic mass is 9.84. The molecule has 0 aliphatic heterocycles. The van der Waals surface area contributed by atoms with E-state index < -0.39 is 5.82 Å². The molecule has 1 aliphatic carbocycles. The maximum atomic E-state index is 14.3. The van der Waals surface area contributed by atoms with E-state index in [0.717, 1.165) is 25.7 Å². The average Bonchev–Trinajstić information content (AvgIpc) is 3.25. The molecule has 186 valence electrons. The van der Waals surface area contributed by atoms with E-state index in [4.69, 9.17) is 4.74 Å². The molecule has 4 rings (SSSR count). The Morgan fingerprint density at radius 1 is 1.23 bits per heavy atom. The fourth-order valence-electron chi connectivity index (χ4n) is 4.66. The molecular formula is C26H32FN5O3. The third kappa shape index (κ3) is 5.78. The first-order valence-electron chi connectivity index (χ1n) is 12.2. The molecule has 1 aliphatic rings. The number of aromatic nitrogens is 3. The first-order chi connectivity index (χ1) is 16.9. The summed E-state index contributed by atoms with van der Waals surface area (Å²) in [5, 5.41) is 11.0. The van der Waals surface area contributed by atoms with Crippen LogP contribution in [0.15, 0.2) is 36.9 Å².